The summed E-state index contributed by atoms with van der Waals surface area (Å²) in [5.41, 5.74) is 3.30. The molecule has 0 saturated heterocycles. The number of amides is 1. The maximum Gasteiger partial charge on any atom is 0.310 e. The van der Waals surface area contributed by atoms with Crippen molar-refractivity contribution in [1.82, 2.24) is 10.3 Å². The monoisotopic (exact) mass is 398 g/mol. The molecule has 0 fully saturated rings. The number of carbonyl (C=O) groups excluding carboxylic acids is 2. The number of aryl methyl sites for hydroxylation is 1. The normalized spacial score (nSPS) is 18.8. The Morgan fingerprint density at radius 1 is 1.21 bits per heavy atom. The molecule has 0 spiro atoms. The van der Waals surface area contributed by atoms with E-state index in [2.05, 4.69) is 10.3 Å². The number of carbonyl (C=O) groups is 2. The van der Waals surface area contributed by atoms with E-state index in [4.69, 9.17) is 9.47 Å². The van der Waals surface area contributed by atoms with Crippen LogP contribution in [-0.2, 0) is 20.7 Å². The first-order chi connectivity index (χ1) is 13.9. The molecule has 2 N–H and O–H groups in total. The summed E-state index contributed by atoms with van der Waals surface area (Å²) in [5.74, 6) is -0.363. The number of benzene rings is 1. The van der Waals surface area contributed by atoms with Crippen LogP contribution in [-0.4, -0.2) is 36.6 Å². The van der Waals surface area contributed by atoms with Gasteiger partial charge in [-0.25, -0.2) is 0 Å². The molecule has 1 heterocycles. The van der Waals surface area contributed by atoms with Gasteiger partial charge in [0, 0.05) is 23.1 Å². The lowest BCUT2D eigenvalue weighted by molar-refractivity contribution is -0.156. The van der Waals surface area contributed by atoms with Crippen LogP contribution >= 0.6 is 0 Å². The molecule has 0 saturated carbocycles. The molecule has 6 nitrogen and oxygen atoms in total. The van der Waals surface area contributed by atoms with Gasteiger partial charge in [0.1, 0.15) is 5.75 Å². The van der Waals surface area contributed by atoms with Gasteiger partial charge in [0.05, 0.1) is 25.0 Å². The van der Waals surface area contributed by atoms with Crippen molar-refractivity contribution in [2.45, 2.75) is 46.1 Å². The Balaban J connectivity index is 1.64. The summed E-state index contributed by atoms with van der Waals surface area (Å²) in [6, 6.07) is 5.94. The number of rotatable bonds is 7. The summed E-state index contributed by atoms with van der Waals surface area (Å²) in [4.78, 5) is 28.6. The lowest BCUT2D eigenvalue weighted by Crippen LogP contribution is -2.40. The number of aromatic amines is 1. The highest BCUT2D eigenvalue weighted by atomic mass is 16.5. The summed E-state index contributed by atoms with van der Waals surface area (Å²) in [6.45, 7) is 6.19. The van der Waals surface area contributed by atoms with Gasteiger partial charge in [-0.1, -0.05) is 12.2 Å². The zero-order valence-corrected chi connectivity index (χ0v) is 17.6. The maximum atomic E-state index is 12.8. The number of aromatic nitrogens is 1. The topological polar surface area (TPSA) is 80.4 Å². The Labute approximate surface area is 171 Å². The number of hydrogen-bond acceptors (Lipinski definition) is 4. The molecule has 1 aliphatic carbocycles. The predicted octanol–water partition coefficient (Wildman–Crippen LogP) is 3.68. The Hall–Kier alpha value is -2.76. The van der Waals surface area contributed by atoms with Crippen molar-refractivity contribution in [1.29, 1.82) is 0 Å². The first kappa shape index (κ1) is 21.0. The lowest BCUT2D eigenvalue weighted by Gasteiger charge is -2.26. The molecule has 1 aliphatic rings. The summed E-state index contributed by atoms with van der Waals surface area (Å²) < 4.78 is 10.7. The van der Waals surface area contributed by atoms with Gasteiger partial charge in [-0.2, -0.15) is 0 Å². The van der Waals surface area contributed by atoms with E-state index in [1.54, 1.807) is 7.11 Å². The van der Waals surface area contributed by atoms with E-state index < -0.39 is 5.92 Å². The molecule has 2 atom stereocenters. The fraction of sp³-hybridized carbons (Fsp3) is 0.478. The van der Waals surface area contributed by atoms with E-state index >= 15 is 0 Å². The molecule has 0 unspecified atom stereocenters. The second-order valence-corrected chi connectivity index (χ2v) is 7.82. The average molecular weight is 399 g/mol. The van der Waals surface area contributed by atoms with Crippen LogP contribution in [0.25, 0.3) is 10.9 Å². The van der Waals surface area contributed by atoms with E-state index in [0.717, 1.165) is 22.3 Å². The van der Waals surface area contributed by atoms with Crippen molar-refractivity contribution in [3.05, 3.63) is 41.6 Å². The molecular weight excluding hydrogens is 368 g/mol. The second kappa shape index (κ2) is 9.16. The SMILES string of the molecule is COc1ccc2[nH]c(C)c(CCNC(=O)[C@H]3CC=CC[C@@H]3C(=O)OC(C)C)c2c1. The summed E-state index contributed by atoms with van der Waals surface area (Å²) >= 11 is 0. The average Bonchev–Trinajstić information content (AvgIpc) is 3.01. The molecule has 0 aliphatic heterocycles. The van der Waals surface area contributed by atoms with Gasteiger partial charge >= 0.3 is 5.97 Å². The van der Waals surface area contributed by atoms with Gasteiger partial charge in [-0.05, 0) is 63.8 Å². The Morgan fingerprint density at radius 2 is 1.93 bits per heavy atom. The summed E-state index contributed by atoms with van der Waals surface area (Å²) in [5, 5.41) is 4.13. The number of esters is 1. The van der Waals surface area contributed by atoms with Crippen LogP contribution < -0.4 is 10.1 Å². The molecule has 3 rings (SSSR count). The number of ether oxygens (including phenoxy) is 2. The zero-order valence-electron chi connectivity index (χ0n) is 17.6. The third-order valence-corrected chi connectivity index (χ3v) is 5.42. The molecular formula is C23H30N2O4. The molecule has 1 amide bonds. The number of hydrogen-bond donors (Lipinski definition) is 2. The molecule has 1 aromatic heterocycles. The van der Waals surface area contributed by atoms with Gasteiger partial charge in [-0.3, -0.25) is 9.59 Å². The van der Waals surface area contributed by atoms with Crippen LogP contribution in [0.2, 0.25) is 0 Å². The van der Waals surface area contributed by atoms with E-state index in [0.29, 0.717) is 25.8 Å². The van der Waals surface area contributed by atoms with Crippen molar-refractivity contribution in [3.63, 3.8) is 0 Å². The van der Waals surface area contributed by atoms with Crippen LogP contribution in [0.5, 0.6) is 5.75 Å². The van der Waals surface area contributed by atoms with E-state index in [1.807, 2.05) is 51.1 Å². The molecule has 156 valence electrons. The maximum absolute atomic E-state index is 12.8. The molecule has 1 aromatic carbocycles. The van der Waals surface area contributed by atoms with Crippen molar-refractivity contribution in [2.75, 3.05) is 13.7 Å². The number of fused-ring (bicyclic) bond motifs is 1. The van der Waals surface area contributed by atoms with Crippen molar-refractivity contribution in [2.24, 2.45) is 11.8 Å². The van der Waals surface area contributed by atoms with E-state index in [-0.39, 0.29) is 23.9 Å². The van der Waals surface area contributed by atoms with Gasteiger partial charge in [0.2, 0.25) is 5.91 Å². The highest BCUT2D eigenvalue weighted by molar-refractivity contribution is 5.87. The van der Waals surface area contributed by atoms with Crippen LogP contribution in [0.15, 0.2) is 30.4 Å². The first-order valence-corrected chi connectivity index (χ1v) is 10.2. The van der Waals surface area contributed by atoms with Crippen LogP contribution in [0.3, 0.4) is 0 Å². The minimum atomic E-state index is -0.415. The largest absolute Gasteiger partial charge is 0.497 e. The predicted molar refractivity (Wildman–Crippen MR) is 113 cm³/mol. The van der Waals surface area contributed by atoms with E-state index in [1.165, 1.54) is 5.56 Å². The highest BCUT2D eigenvalue weighted by Gasteiger charge is 2.35. The van der Waals surface area contributed by atoms with Gasteiger partial charge in [0.25, 0.3) is 0 Å². The molecule has 2 aromatic rings. The number of nitrogens with one attached hydrogen (secondary N) is 2. The zero-order chi connectivity index (χ0) is 21.0. The quantitative estimate of drug-likeness (QED) is 0.551. The third kappa shape index (κ3) is 4.81. The van der Waals surface area contributed by atoms with Crippen molar-refractivity contribution in [3.8, 4) is 5.75 Å². The highest BCUT2D eigenvalue weighted by Crippen LogP contribution is 2.28. The summed E-state index contributed by atoms with van der Waals surface area (Å²) in [7, 11) is 1.65. The minimum Gasteiger partial charge on any atom is -0.497 e. The Morgan fingerprint density at radius 3 is 2.62 bits per heavy atom. The number of methoxy groups -OCH3 is 1. The Bertz CT molecular complexity index is 913. The summed E-state index contributed by atoms with van der Waals surface area (Å²) in [6.07, 6.45) is 5.56. The van der Waals surface area contributed by atoms with Crippen LogP contribution in [0, 0.1) is 18.8 Å². The molecule has 29 heavy (non-hydrogen) atoms. The van der Waals surface area contributed by atoms with E-state index in [9.17, 15) is 9.59 Å². The van der Waals surface area contributed by atoms with Crippen LogP contribution in [0.1, 0.15) is 37.9 Å². The van der Waals surface area contributed by atoms with Crippen LogP contribution in [0.4, 0.5) is 0 Å². The Kier molecular flexibility index (Phi) is 6.62. The smallest absolute Gasteiger partial charge is 0.310 e. The lowest BCUT2D eigenvalue weighted by atomic mass is 9.82. The number of allylic oxidation sites excluding steroid dienone is 2. The van der Waals surface area contributed by atoms with Crippen molar-refractivity contribution >= 4 is 22.8 Å². The molecule has 0 bridgehead atoms. The van der Waals surface area contributed by atoms with Gasteiger partial charge in [0.15, 0.2) is 0 Å². The fourth-order valence-electron chi connectivity index (χ4n) is 3.94. The second-order valence-electron chi connectivity index (χ2n) is 7.82. The minimum absolute atomic E-state index is 0.0878. The van der Waals surface area contributed by atoms with Crippen molar-refractivity contribution < 1.29 is 19.1 Å². The standard InChI is InChI=1S/C23H30N2O4/c1-14(2)29-23(27)19-8-6-5-7-18(19)22(26)24-12-11-17-15(3)25-21-10-9-16(28-4)13-20(17)21/h5-6,9-10,13-14,18-19,25H,7-8,11-12H2,1-4H3,(H,24,26)/t18-,19-/m0/s1. The molecule has 0 radical (unpaired) electrons. The third-order valence-electron chi connectivity index (χ3n) is 5.42. The van der Waals surface area contributed by atoms with Gasteiger partial charge < -0.3 is 19.8 Å². The first-order valence-electron chi connectivity index (χ1n) is 10.2. The fourth-order valence-corrected chi connectivity index (χ4v) is 3.94. The number of H-pyrrole nitrogens is 1. The van der Waals surface area contributed by atoms with Gasteiger partial charge in [-0.15, -0.1) is 0 Å². The molecule has 6 heteroatoms.